The molecule has 0 aliphatic heterocycles. The van der Waals surface area contributed by atoms with E-state index in [1.165, 1.54) is 15.9 Å². The summed E-state index contributed by atoms with van der Waals surface area (Å²) >= 11 is 3.02. The van der Waals surface area contributed by atoms with Crippen molar-refractivity contribution < 1.29 is 4.79 Å². The maximum Gasteiger partial charge on any atom is 0.275 e. The first-order valence-electron chi connectivity index (χ1n) is 11.4. The molecule has 1 amide bonds. The zero-order valence-corrected chi connectivity index (χ0v) is 21.2. The molecular weight excluding hydrogens is 464 g/mol. The Labute approximate surface area is 207 Å². The number of carbonyl (C=O) groups is 1. The van der Waals surface area contributed by atoms with E-state index in [1.54, 1.807) is 17.8 Å². The van der Waals surface area contributed by atoms with Crippen LogP contribution in [0.1, 0.15) is 49.4 Å². The van der Waals surface area contributed by atoms with Crippen LogP contribution in [0.5, 0.6) is 0 Å². The van der Waals surface area contributed by atoms with Gasteiger partial charge in [-0.05, 0) is 30.0 Å². The van der Waals surface area contributed by atoms with Crippen molar-refractivity contribution in [1.29, 1.82) is 0 Å². The highest BCUT2D eigenvalue weighted by Crippen LogP contribution is 2.31. The highest BCUT2D eigenvalue weighted by Gasteiger charge is 2.19. The molecule has 0 spiro atoms. The number of amides is 1. The van der Waals surface area contributed by atoms with Gasteiger partial charge in [0.25, 0.3) is 5.56 Å². The summed E-state index contributed by atoms with van der Waals surface area (Å²) in [5.74, 6) is 0.746. The van der Waals surface area contributed by atoms with Crippen molar-refractivity contribution in [3.05, 3.63) is 87.3 Å². The number of nitrogens with zero attached hydrogens (tertiary/aromatic N) is 3. The summed E-state index contributed by atoms with van der Waals surface area (Å²) in [6.07, 6.45) is 1.54. The molecule has 0 aliphatic carbocycles. The average molecular weight is 493 g/mol. The van der Waals surface area contributed by atoms with Crippen molar-refractivity contribution in [2.24, 2.45) is 5.92 Å². The molecule has 2 aromatic heterocycles. The number of hydrogen-bond donors (Lipinski definition) is 1. The fourth-order valence-corrected chi connectivity index (χ4v) is 5.76. The summed E-state index contributed by atoms with van der Waals surface area (Å²) in [6, 6.07) is 19.1. The minimum Gasteiger partial charge on any atom is -0.325 e. The standard InChI is InChI=1S/C26H28N4O2S2/c1-4-20(18-10-6-5-7-11-18)25(32)28-21-12-8-9-13-22(21)33-16-19-15-24(31)30-26(27-19)34-23(29-30)14-17(2)3/h5-13,15,17,20H,4,14,16H2,1-3H3,(H,28,32). The SMILES string of the molecule is CCC(C(=O)Nc1ccccc1SCc1cc(=O)n2nc(CC(C)C)sc2n1)c1ccccc1. The van der Waals surface area contributed by atoms with Crippen LogP contribution < -0.4 is 10.9 Å². The number of anilines is 1. The van der Waals surface area contributed by atoms with Crippen LogP contribution in [0.2, 0.25) is 0 Å². The van der Waals surface area contributed by atoms with E-state index in [9.17, 15) is 9.59 Å². The van der Waals surface area contributed by atoms with Crippen LogP contribution in [0.15, 0.2) is 70.4 Å². The summed E-state index contributed by atoms with van der Waals surface area (Å²) in [5, 5.41) is 8.44. The summed E-state index contributed by atoms with van der Waals surface area (Å²) in [5.41, 5.74) is 2.31. The zero-order chi connectivity index (χ0) is 24.1. The molecule has 2 aromatic carbocycles. The van der Waals surface area contributed by atoms with Gasteiger partial charge in [-0.25, -0.2) is 4.98 Å². The molecule has 0 fully saturated rings. The largest absolute Gasteiger partial charge is 0.325 e. The third kappa shape index (κ3) is 5.74. The quantitative estimate of drug-likeness (QED) is 0.300. The van der Waals surface area contributed by atoms with E-state index >= 15 is 0 Å². The minimum atomic E-state index is -0.213. The molecule has 0 aliphatic rings. The Kier molecular flexibility index (Phi) is 7.80. The van der Waals surface area contributed by atoms with Crippen LogP contribution in [-0.2, 0) is 17.0 Å². The topological polar surface area (TPSA) is 76.4 Å². The fraction of sp³-hybridized carbons (Fsp3) is 0.308. The second-order valence-electron chi connectivity index (χ2n) is 8.52. The van der Waals surface area contributed by atoms with Crippen molar-refractivity contribution in [3.63, 3.8) is 0 Å². The molecule has 0 radical (unpaired) electrons. The first-order chi connectivity index (χ1) is 16.4. The van der Waals surface area contributed by atoms with Crippen molar-refractivity contribution in [3.8, 4) is 0 Å². The molecule has 4 rings (SSSR count). The van der Waals surface area contributed by atoms with Gasteiger partial charge in [0.2, 0.25) is 10.9 Å². The Hall–Kier alpha value is -2.97. The van der Waals surface area contributed by atoms with Crippen LogP contribution in [0, 0.1) is 5.92 Å². The summed E-state index contributed by atoms with van der Waals surface area (Å²) in [6.45, 7) is 6.27. The van der Waals surface area contributed by atoms with E-state index in [0.29, 0.717) is 28.7 Å². The highest BCUT2D eigenvalue weighted by atomic mass is 32.2. The van der Waals surface area contributed by atoms with Gasteiger partial charge in [0.05, 0.1) is 17.3 Å². The Morgan fingerprint density at radius 2 is 1.85 bits per heavy atom. The van der Waals surface area contributed by atoms with Crippen molar-refractivity contribution in [2.75, 3.05) is 5.32 Å². The molecule has 6 nitrogen and oxygen atoms in total. The smallest absolute Gasteiger partial charge is 0.275 e. The molecule has 1 atom stereocenters. The van der Waals surface area contributed by atoms with E-state index in [1.807, 2.05) is 61.5 Å². The van der Waals surface area contributed by atoms with Crippen molar-refractivity contribution in [1.82, 2.24) is 14.6 Å². The summed E-state index contributed by atoms with van der Waals surface area (Å²) in [7, 11) is 0. The lowest BCUT2D eigenvalue weighted by Crippen LogP contribution is -2.21. The molecule has 8 heteroatoms. The Balaban J connectivity index is 1.50. The Bertz CT molecular complexity index is 1330. The number of nitrogens with one attached hydrogen (secondary N) is 1. The molecule has 34 heavy (non-hydrogen) atoms. The number of fused-ring (bicyclic) bond motifs is 1. The van der Waals surface area contributed by atoms with Crippen LogP contribution in [0.25, 0.3) is 4.96 Å². The monoisotopic (exact) mass is 492 g/mol. The number of rotatable bonds is 9. The predicted octanol–water partition coefficient (Wildman–Crippen LogP) is 5.77. The molecular formula is C26H28N4O2S2. The van der Waals surface area contributed by atoms with Gasteiger partial charge in [-0.1, -0.05) is 74.6 Å². The van der Waals surface area contributed by atoms with E-state index in [2.05, 4.69) is 29.2 Å². The van der Waals surface area contributed by atoms with Crippen molar-refractivity contribution in [2.45, 2.75) is 50.2 Å². The maximum absolute atomic E-state index is 13.1. The number of carbonyl (C=O) groups excluding carboxylic acids is 1. The Morgan fingerprint density at radius 3 is 2.59 bits per heavy atom. The molecule has 0 saturated carbocycles. The lowest BCUT2D eigenvalue weighted by molar-refractivity contribution is -0.117. The maximum atomic E-state index is 13.1. The lowest BCUT2D eigenvalue weighted by atomic mass is 9.95. The summed E-state index contributed by atoms with van der Waals surface area (Å²) in [4.78, 5) is 31.8. The van der Waals surface area contributed by atoms with Gasteiger partial charge in [0.1, 0.15) is 5.01 Å². The molecule has 1 N–H and O–H groups in total. The molecule has 2 heterocycles. The van der Waals surface area contributed by atoms with Gasteiger partial charge >= 0.3 is 0 Å². The van der Waals surface area contributed by atoms with Gasteiger partial charge in [-0.15, -0.1) is 11.8 Å². The first kappa shape index (κ1) is 24.2. The first-order valence-corrected chi connectivity index (χ1v) is 13.2. The van der Waals surface area contributed by atoms with Crippen LogP contribution in [-0.4, -0.2) is 20.5 Å². The van der Waals surface area contributed by atoms with E-state index in [4.69, 9.17) is 0 Å². The van der Waals surface area contributed by atoms with E-state index in [0.717, 1.165) is 27.6 Å². The van der Waals surface area contributed by atoms with Crippen molar-refractivity contribution >= 4 is 39.7 Å². The van der Waals surface area contributed by atoms with Gasteiger partial charge in [-0.2, -0.15) is 9.61 Å². The lowest BCUT2D eigenvalue weighted by Gasteiger charge is -2.17. The average Bonchev–Trinajstić information content (AvgIpc) is 3.22. The van der Waals surface area contributed by atoms with Gasteiger partial charge in [-0.3, -0.25) is 9.59 Å². The van der Waals surface area contributed by atoms with Crippen LogP contribution in [0.4, 0.5) is 5.69 Å². The van der Waals surface area contributed by atoms with Gasteiger partial charge in [0.15, 0.2) is 0 Å². The number of para-hydroxylation sites is 1. The fourth-order valence-electron chi connectivity index (χ4n) is 3.73. The number of thioether (sulfide) groups is 1. The molecule has 176 valence electrons. The third-order valence-corrected chi connectivity index (χ3v) is 7.41. The van der Waals surface area contributed by atoms with E-state index in [-0.39, 0.29) is 17.4 Å². The van der Waals surface area contributed by atoms with Gasteiger partial charge in [0, 0.05) is 23.1 Å². The molecule has 1 unspecified atom stereocenters. The molecule has 4 aromatic rings. The third-order valence-electron chi connectivity index (χ3n) is 5.37. The second-order valence-corrected chi connectivity index (χ2v) is 10.6. The number of hydrogen-bond acceptors (Lipinski definition) is 6. The van der Waals surface area contributed by atoms with Crippen LogP contribution >= 0.6 is 23.1 Å². The number of aromatic nitrogens is 3. The second kappa shape index (κ2) is 11.0. The minimum absolute atomic E-state index is 0.0260. The molecule has 0 saturated heterocycles. The highest BCUT2D eigenvalue weighted by molar-refractivity contribution is 7.98. The molecule has 0 bridgehead atoms. The van der Waals surface area contributed by atoms with Gasteiger partial charge < -0.3 is 5.32 Å². The van der Waals surface area contributed by atoms with E-state index < -0.39 is 0 Å². The normalized spacial score (nSPS) is 12.2. The Morgan fingerprint density at radius 1 is 1.12 bits per heavy atom. The van der Waals surface area contributed by atoms with Crippen LogP contribution in [0.3, 0.4) is 0 Å². The zero-order valence-electron chi connectivity index (χ0n) is 19.5. The summed E-state index contributed by atoms with van der Waals surface area (Å²) < 4.78 is 1.39. The number of benzene rings is 2. The predicted molar refractivity (Wildman–Crippen MR) is 140 cm³/mol.